The van der Waals surface area contributed by atoms with Gasteiger partial charge in [0.25, 0.3) is 5.91 Å². The molecule has 0 radical (unpaired) electrons. The van der Waals surface area contributed by atoms with Crippen LogP contribution in [0.3, 0.4) is 0 Å². The maximum absolute atomic E-state index is 13.3. The van der Waals surface area contributed by atoms with E-state index in [0.29, 0.717) is 12.2 Å². The van der Waals surface area contributed by atoms with Crippen LogP contribution in [0.4, 0.5) is 5.69 Å². The number of hydrogen-bond donors (Lipinski definition) is 1. The molecule has 1 saturated heterocycles. The molecule has 0 spiro atoms. The molecule has 1 fully saturated rings. The van der Waals surface area contributed by atoms with Crippen LogP contribution in [-0.2, 0) is 4.74 Å². The molecule has 1 heterocycles. The first-order valence-electron chi connectivity index (χ1n) is 12.6. The van der Waals surface area contributed by atoms with E-state index >= 15 is 0 Å². The van der Waals surface area contributed by atoms with Crippen LogP contribution in [-0.4, -0.2) is 57.4 Å². The van der Waals surface area contributed by atoms with E-state index in [1.165, 1.54) is 0 Å². The van der Waals surface area contributed by atoms with Crippen LogP contribution in [0.5, 0.6) is 11.5 Å². The number of methoxy groups -OCH3 is 1. The second kappa shape index (κ2) is 11.5. The van der Waals surface area contributed by atoms with Crippen molar-refractivity contribution in [2.24, 2.45) is 0 Å². The number of ether oxygens (including phenoxy) is 3. The van der Waals surface area contributed by atoms with Crippen molar-refractivity contribution in [3.8, 4) is 22.6 Å². The molecule has 0 aromatic heterocycles. The smallest absolute Gasteiger partial charge is 0.255 e. The molecule has 1 amide bonds. The first-order valence-corrected chi connectivity index (χ1v) is 12.6. The Balaban J connectivity index is 1.35. The van der Waals surface area contributed by atoms with Crippen molar-refractivity contribution in [3.05, 3.63) is 90.0 Å². The van der Waals surface area contributed by atoms with E-state index in [2.05, 4.69) is 10.2 Å². The van der Waals surface area contributed by atoms with Crippen molar-refractivity contribution in [1.82, 2.24) is 4.90 Å². The van der Waals surface area contributed by atoms with Gasteiger partial charge in [0.2, 0.25) is 0 Å². The first-order chi connectivity index (χ1) is 18.1. The Bertz CT molecular complexity index is 1400. The minimum Gasteiger partial charge on any atom is -0.496 e. The summed E-state index contributed by atoms with van der Waals surface area (Å²) in [5, 5.41) is 5.02. The summed E-state index contributed by atoms with van der Waals surface area (Å²) in [6.07, 6.45) is 0. The number of carbonyl (C=O) groups is 1. The van der Waals surface area contributed by atoms with Gasteiger partial charge in [0.05, 0.1) is 20.3 Å². The number of amides is 1. The number of anilines is 1. The van der Waals surface area contributed by atoms with Crippen LogP contribution in [0, 0.1) is 6.92 Å². The van der Waals surface area contributed by atoms with E-state index in [1.54, 1.807) is 7.11 Å². The number of hydrogen-bond acceptors (Lipinski definition) is 5. The quantitative estimate of drug-likeness (QED) is 0.335. The minimum absolute atomic E-state index is 0.166. The second-order valence-electron chi connectivity index (χ2n) is 9.15. The summed E-state index contributed by atoms with van der Waals surface area (Å²) in [5.41, 5.74) is 4.35. The molecular weight excluding hydrogens is 464 g/mol. The molecule has 0 aliphatic carbocycles. The van der Waals surface area contributed by atoms with Gasteiger partial charge < -0.3 is 19.5 Å². The van der Waals surface area contributed by atoms with Crippen molar-refractivity contribution in [2.75, 3.05) is 51.9 Å². The number of aryl methyl sites for hydroxylation is 1. The van der Waals surface area contributed by atoms with Crippen molar-refractivity contribution < 1.29 is 19.0 Å². The van der Waals surface area contributed by atoms with Gasteiger partial charge >= 0.3 is 0 Å². The van der Waals surface area contributed by atoms with Crippen LogP contribution in [0.15, 0.2) is 78.9 Å². The number of carbonyl (C=O) groups excluding carboxylic acids is 1. The largest absolute Gasteiger partial charge is 0.496 e. The molecule has 6 heteroatoms. The Morgan fingerprint density at radius 2 is 1.70 bits per heavy atom. The Labute approximate surface area is 217 Å². The predicted molar refractivity (Wildman–Crippen MR) is 148 cm³/mol. The topological polar surface area (TPSA) is 60.0 Å². The number of nitrogens with zero attached hydrogens (tertiary/aromatic N) is 1. The maximum Gasteiger partial charge on any atom is 0.255 e. The van der Waals surface area contributed by atoms with Crippen molar-refractivity contribution >= 4 is 22.4 Å². The second-order valence-corrected chi connectivity index (χ2v) is 9.15. The highest BCUT2D eigenvalue weighted by Crippen LogP contribution is 2.34. The van der Waals surface area contributed by atoms with Gasteiger partial charge in [0.1, 0.15) is 18.1 Å². The Morgan fingerprint density at radius 1 is 0.919 bits per heavy atom. The van der Waals surface area contributed by atoms with E-state index in [-0.39, 0.29) is 5.91 Å². The van der Waals surface area contributed by atoms with Crippen LogP contribution in [0.25, 0.3) is 21.9 Å². The molecule has 4 aromatic carbocycles. The summed E-state index contributed by atoms with van der Waals surface area (Å²) in [6.45, 7) is 6.93. The van der Waals surface area contributed by atoms with Crippen molar-refractivity contribution in [2.45, 2.75) is 6.92 Å². The lowest BCUT2D eigenvalue weighted by Crippen LogP contribution is -2.38. The molecule has 0 saturated carbocycles. The molecule has 0 atom stereocenters. The number of benzene rings is 4. The van der Waals surface area contributed by atoms with Crippen LogP contribution in [0.2, 0.25) is 0 Å². The summed E-state index contributed by atoms with van der Waals surface area (Å²) in [5.74, 6) is 1.43. The standard InChI is InChI=1S/C31H32N2O4/c1-22-7-5-12-29(35-2)30(22)23-8-6-9-24(21-23)31(34)32-27-13-14-28(26-11-4-3-10-25(26)27)37-20-17-33-15-18-36-19-16-33/h3-14,21H,15-20H2,1-2H3,(H,32,34). The number of fused-ring (bicyclic) bond motifs is 1. The van der Waals surface area contributed by atoms with Gasteiger partial charge in [0, 0.05) is 47.2 Å². The summed E-state index contributed by atoms with van der Waals surface area (Å²) in [7, 11) is 1.66. The summed E-state index contributed by atoms with van der Waals surface area (Å²) < 4.78 is 17.2. The van der Waals surface area contributed by atoms with Gasteiger partial charge in [-0.3, -0.25) is 9.69 Å². The Kier molecular flexibility index (Phi) is 7.68. The zero-order valence-electron chi connectivity index (χ0n) is 21.3. The predicted octanol–water partition coefficient (Wildman–Crippen LogP) is 5.79. The summed E-state index contributed by atoms with van der Waals surface area (Å²) >= 11 is 0. The van der Waals surface area contributed by atoms with Crippen molar-refractivity contribution in [3.63, 3.8) is 0 Å². The molecule has 1 aliphatic rings. The average Bonchev–Trinajstić information content (AvgIpc) is 2.94. The highest BCUT2D eigenvalue weighted by molar-refractivity contribution is 6.10. The van der Waals surface area contributed by atoms with E-state index in [9.17, 15) is 4.79 Å². The Hall–Kier alpha value is -3.87. The molecule has 1 aliphatic heterocycles. The molecule has 0 unspecified atom stereocenters. The first kappa shape index (κ1) is 24.8. The van der Waals surface area contributed by atoms with Crippen LogP contribution >= 0.6 is 0 Å². The third-order valence-electron chi connectivity index (χ3n) is 6.77. The fourth-order valence-electron chi connectivity index (χ4n) is 4.81. The SMILES string of the molecule is COc1cccc(C)c1-c1cccc(C(=O)Nc2ccc(OCCN3CCOCC3)c3ccccc23)c1. The van der Waals surface area contributed by atoms with Crippen molar-refractivity contribution in [1.29, 1.82) is 0 Å². The molecule has 37 heavy (non-hydrogen) atoms. The van der Waals surface area contributed by atoms with E-state index < -0.39 is 0 Å². The molecule has 5 rings (SSSR count). The van der Waals surface area contributed by atoms with E-state index in [4.69, 9.17) is 14.2 Å². The fraction of sp³-hybridized carbons (Fsp3) is 0.258. The third kappa shape index (κ3) is 5.61. The lowest BCUT2D eigenvalue weighted by molar-refractivity contribution is 0.0323. The minimum atomic E-state index is -0.166. The average molecular weight is 497 g/mol. The molecule has 4 aromatic rings. The third-order valence-corrected chi connectivity index (χ3v) is 6.77. The molecule has 6 nitrogen and oxygen atoms in total. The fourth-order valence-corrected chi connectivity index (χ4v) is 4.81. The van der Waals surface area contributed by atoms with Gasteiger partial charge in [-0.15, -0.1) is 0 Å². The number of rotatable bonds is 8. The van der Waals surface area contributed by atoms with Crippen LogP contribution in [0.1, 0.15) is 15.9 Å². The number of morpholine rings is 1. The number of nitrogens with one attached hydrogen (secondary N) is 1. The van der Waals surface area contributed by atoms with E-state index in [0.717, 1.165) is 77.5 Å². The van der Waals surface area contributed by atoms with E-state index in [1.807, 2.05) is 85.8 Å². The highest BCUT2D eigenvalue weighted by atomic mass is 16.5. The van der Waals surface area contributed by atoms with Gasteiger partial charge in [-0.05, 0) is 48.4 Å². The zero-order chi connectivity index (χ0) is 25.6. The van der Waals surface area contributed by atoms with Gasteiger partial charge in [-0.1, -0.05) is 48.5 Å². The molecule has 0 bridgehead atoms. The zero-order valence-corrected chi connectivity index (χ0v) is 21.3. The lowest BCUT2D eigenvalue weighted by Gasteiger charge is -2.26. The monoisotopic (exact) mass is 496 g/mol. The molecular formula is C31H32N2O4. The highest BCUT2D eigenvalue weighted by Gasteiger charge is 2.15. The maximum atomic E-state index is 13.3. The summed E-state index contributed by atoms with van der Waals surface area (Å²) in [6, 6.07) is 25.4. The van der Waals surface area contributed by atoms with Gasteiger partial charge in [-0.2, -0.15) is 0 Å². The Morgan fingerprint density at radius 3 is 2.51 bits per heavy atom. The van der Waals surface area contributed by atoms with Crippen LogP contribution < -0.4 is 14.8 Å². The van der Waals surface area contributed by atoms with Gasteiger partial charge in [0.15, 0.2) is 0 Å². The lowest BCUT2D eigenvalue weighted by atomic mass is 9.97. The summed E-state index contributed by atoms with van der Waals surface area (Å²) in [4.78, 5) is 15.7. The molecule has 1 N–H and O–H groups in total. The molecule has 190 valence electrons. The van der Waals surface area contributed by atoms with Gasteiger partial charge in [-0.25, -0.2) is 0 Å². The normalized spacial score (nSPS) is 13.9.